The van der Waals surface area contributed by atoms with Crippen molar-refractivity contribution in [1.82, 2.24) is 5.32 Å². The van der Waals surface area contributed by atoms with Gasteiger partial charge in [0.15, 0.2) is 0 Å². The van der Waals surface area contributed by atoms with Crippen molar-refractivity contribution in [3.05, 3.63) is 35.4 Å². The maximum Gasteiger partial charge on any atom is 0.335 e. The summed E-state index contributed by atoms with van der Waals surface area (Å²) in [4.78, 5) is 10.9. The van der Waals surface area contributed by atoms with Crippen LogP contribution in [-0.4, -0.2) is 30.3 Å². The highest BCUT2D eigenvalue weighted by atomic mass is 16.5. The number of carbonyl (C=O) groups is 1. The third kappa shape index (κ3) is 4.83. The van der Waals surface area contributed by atoms with Gasteiger partial charge in [0.1, 0.15) is 0 Å². The second-order valence-electron chi connectivity index (χ2n) is 6.18. The number of carboxylic acids is 1. The van der Waals surface area contributed by atoms with Crippen molar-refractivity contribution in [1.29, 1.82) is 0 Å². The van der Waals surface area contributed by atoms with Gasteiger partial charge in [0.25, 0.3) is 0 Å². The van der Waals surface area contributed by atoms with Crippen LogP contribution in [0.15, 0.2) is 24.3 Å². The quantitative estimate of drug-likeness (QED) is 0.846. The van der Waals surface area contributed by atoms with E-state index in [1.807, 2.05) is 6.07 Å². The first-order valence-corrected chi connectivity index (χ1v) is 7.71. The summed E-state index contributed by atoms with van der Waals surface area (Å²) in [6.45, 7) is 6.94. The van der Waals surface area contributed by atoms with Crippen LogP contribution in [0.2, 0.25) is 0 Å². The van der Waals surface area contributed by atoms with Crippen LogP contribution in [0.5, 0.6) is 0 Å². The van der Waals surface area contributed by atoms with Crippen LogP contribution < -0.4 is 5.32 Å². The molecule has 1 fully saturated rings. The maximum atomic E-state index is 10.9. The molecule has 0 saturated carbocycles. The van der Waals surface area contributed by atoms with E-state index in [1.165, 1.54) is 0 Å². The molecule has 1 heterocycles. The van der Waals surface area contributed by atoms with Crippen LogP contribution in [-0.2, 0) is 11.3 Å². The summed E-state index contributed by atoms with van der Waals surface area (Å²) in [5.74, 6) is 0.343. The molecule has 2 unspecified atom stereocenters. The van der Waals surface area contributed by atoms with Gasteiger partial charge >= 0.3 is 5.97 Å². The second kappa shape index (κ2) is 7.57. The lowest BCUT2D eigenvalue weighted by Gasteiger charge is -2.32. The number of aromatic carboxylic acids is 1. The Bertz CT molecular complexity index is 473. The lowest BCUT2D eigenvalue weighted by atomic mass is 9.90. The summed E-state index contributed by atoms with van der Waals surface area (Å²) in [6.07, 6.45) is 2.59. The fourth-order valence-corrected chi connectivity index (χ4v) is 2.79. The van der Waals surface area contributed by atoms with E-state index in [4.69, 9.17) is 9.84 Å². The van der Waals surface area contributed by atoms with E-state index in [2.05, 4.69) is 19.2 Å². The predicted molar refractivity (Wildman–Crippen MR) is 82.4 cm³/mol. The molecule has 0 aliphatic carbocycles. The van der Waals surface area contributed by atoms with Gasteiger partial charge in [-0.05, 0) is 48.9 Å². The number of rotatable bonds is 6. The van der Waals surface area contributed by atoms with Crippen molar-refractivity contribution >= 4 is 5.97 Å². The molecule has 2 atom stereocenters. The molecule has 0 spiro atoms. The van der Waals surface area contributed by atoms with Gasteiger partial charge in [0.05, 0.1) is 11.7 Å². The highest BCUT2D eigenvalue weighted by Crippen LogP contribution is 2.24. The molecule has 116 valence electrons. The molecule has 1 aromatic rings. The number of hydrogen-bond donors (Lipinski definition) is 2. The summed E-state index contributed by atoms with van der Waals surface area (Å²) in [7, 11) is 0. The molecule has 2 rings (SSSR count). The lowest BCUT2D eigenvalue weighted by Crippen LogP contribution is -2.34. The fourth-order valence-electron chi connectivity index (χ4n) is 2.79. The van der Waals surface area contributed by atoms with Crippen LogP contribution in [0.1, 0.15) is 42.6 Å². The zero-order chi connectivity index (χ0) is 15.2. The molecule has 4 nitrogen and oxygen atoms in total. The Morgan fingerprint density at radius 1 is 1.48 bits per heavy atom. The van der Waals surface area contributed by atoms with Gasteiger partial charge in [-0.3, -0.25) is 0 Å². The van der Waals surface area contributed by atoms with E-state index in [9.17, 15) is 4.79 Å². The van der Waals surface area contributed by atoms with Gasteiger partial charge < -0.3 is 15.2 Å². The first kappa shape index (κ1) is 16.0. The standard InChI is InChI=1S/C17H25NO3/c1-12(2)16-9-14(6-7-21-16)11-18-10-13-4-3-5-15(8-13)17(19)20/h3-5,8,12,14,16,18H,6-7,9-11H2,1-2H3,(H,19,20). The summed E-state index contributed by atoms with van der Waals surface area (Å²) in [6, 6.07) is 7.11. The van der Waals surface area contributed by atoms with E-state index in [1.54, 1.807) is 18.2 Å². The zero-order valence-corrected chi connectivity index (χ0v) is 12.8. The van der Waals surface area contributed by atoms with Crippen molar-refractivity contribution in [2.24, 2.45) is 11.8 Å². The highest BCUT2D eigenvalue weighted by molar-refractivity contribution is 5.87. The van der Waals surface area contributed by atoms with Gasteiger partial charge in [-0.1, -0.05) is 26.0 Å². The molecular formula is C17H25NO3. The highest BCUT2D eigenvalue weighted by Gasteiger charge is 2.24. The molecule has 0 bridgehead atoms. The fraction of sp³-hybridized carbons (Fsp3) is 0.588. The largest absolute Gasteiger partial charge is 0.478 e. The molecular weight excluding hydrogens is 266 g/mol. The van der Waals surface area contributed by atoms with E-state index < -0.39 is 5.97 Å². The molecule has 1 aromatic carbocycles. The molecule has 4 heteroatoms. The molecule has 1 saturated heterocycles. The van der Waals surface area contributed by atoms with Gasteiger partial charge in [-0.2, -0.15) is 0 Å². The molecule has 0 aromatic heterocycles. The number of benzene rings is 1. The second-order valence-corrected chi connectivity index (χ2v) is 6.18. The Balaban J connectivity index is 1.79. The Kier molecular flexibility index (Phi) is 5.76. The Labute approximate surface area is 126 Å². The summed E-state index contributed by atoms with van der Waals surface area (Å²) < 4.78 is 5.78. The summed E-state index contributed by atoms with van der Waals surface area (Å²) >= 11 is 0. The van der Waals surface area contributed by atoms with Crippen molar-refractivity contribution in [2.45, 2.75) is 39.3 Å². The van der Waals surface area contributed by atoms with Gasteiger partial charge in [-0.25, -0.2) is 4.79 Å². The van der Waals surface area contributed by atoms with Crippen molar-refractivity contribution in [2.75, 3.05) is 13.2 Å². The average Bonchev–Trinajstić information content (AvgIpc) is 2.48. The molecule has 1 aliphatic heterocycles. The monoisotopic (exact) mass is 291 g/mol. The molecule has 0 amide bonds. The number of hydrogen-bond acceptors (Lipinski definition) is 3. The van der Waals surface area contributed by atoms with E-state index in [0.29, 0.717) is 30.0 Å². The van der Waals surface area contributed by atoms with Crippen molar-refractivity contribution in [3.8, 4) is 0 Å². The Hall–Kier alpha value is -1.39. The Morgan fingerprint density at radius 3 is 3.00 bits per heavy atom. The normalized spacial score (nSPS) is 22.4. The predicted octanol–water partition coefficient (Wildman–Crippen LogP) is 2.93. The number of carboxylic acid groups (broad SMARTS) is 1. The van der Waals surface area contributed by atoms with E-state index >= 15 is 0 Å². The minimum absolute atomic E-state index is 0.347. The molecule has 0 radical (unpaired) electrons. The minimum Gasteiger partial charge on any atom is -0.478 e. The number of ether oxygens (including phenoxy) is 1. The van der Waals surface area contributed by atoms with Crippen molar-refractivity contribution in [3.63, 3.8) is 0 Å². The van der Waals surface area contributed by atoms with Crippen LogP contribution in [0.4, 0.5) is 0 Å². The minimum atomic E-state index is -0.874. The van der Waals surface area contributed by atoms with Crippen molar-refractivity contribution < 1.29 is 14.6 Å². The third-order valence-electron chi connectivity index (χ3n) is 4.10. The van der Waals surface area contributed by atoms with E-state index in [-0.39, 0.29) is 0 Å². The summed E-state index contributed by atoms with van der Waals surface area (Å²) in [5, 5.41) is 12.4. The van der Waals surface area contributed by atoms with Crippen LogP contribution in [0.3, 0.4) is 0 Å². The topological polar surface area (TPSA) is 58.6 Å². The SMILES string of the molecule is CC(C)C1CC(CNCc2cccc(C(=O)O)c2)CCO1. The third-order valence-corrected chi connectivity index (χ3v) is 4.10. The van der Waals surface area contributed by atoms with Gasteiger partial charge in [0.2, 0.25) is 0 Å². The maximum absolute atomic E-state index is 10.9. The van der Waals surface area contributed by atoms with Gasteiger partial charge in [-0.15, -0.1) is 0 Å². The van der Waals surface area contributed by atoms with Crippen LogP contribution >= 0.6 is 0 Å². The van der Waals surface area contributed by atoms with E-state index in [0.717, 1.165) is 31.6 Å². The smallest absolute Gasteiger partial charge is 0.335 e. The molecule has 1 aliphatic rings. The Morgan fingerprint density at radius 2 is 2.29 bits per heavy atom. The first-order chi connectivity index (χ1) is 10.1. The average molecular weight is 291 g/mol. The van der Waals surface area contributed by atoms with Crippen LogP contribution in [0, 0.1) is 11.8 Å². The first-order valence-electron chi connectivity index (χ1n) is 7.71. The zero-order valence-electron chi connectivity index (χ0n) is 12.8. The van der Waals surface area contributed by atoms with Gasteiger partial charge in [0, 0.05) is 13.2 Å². The summed E-state index contributed by atoms with van der Waals surface area (Å²) in [5.41, 5.74) is 1.36. The van der Waals surface area contributed by atoms with Crippen LogP contribution in [0.25, 0.3) is 0 Å². The lowest BCUT2D eigenvalue weighted by molar-refractivity contribution is -0.0336. The number of nitrogens with one attached hydrogen (secondary N) is 1. The molecule has 2 N–H and O–H groups in total. The molecule has 21 heavy (non-hydrogen) atoms.